The van der Waals surface area contributed by atoms with Crippen molar-refractivity contribution in [2.24, 2.45) is 0 Å². The first-order valence-electron chi connectivity index (χ1n) is 5.42. The second-order valence-electron chi connectivity index (χ2n) is 4.00. The first-order chi connectivity index (χ1) is 9.08. The molecule has 0 saturated carbocycles. The number of nitrogens with one attached hydrogen (secondary N) is 1. The van der Waals surface area contributed by atoms with E-state index in [0.717, 1.165) is 0 Å². The van der Waals surface area contributed by atoms with Crippen molar-refractivity contribution in [2.75, 3.05) is 0 Å². The highest BCUT2D eigenvalue weighted by Crippen LogP contribution is 2.28. The minimum atomic E-state index is -0.496. The molecule has 3 aromatic rings. The van der Waals surface area contributed by atoms with Crippen LogP contribution in [0.4, 0.5) is 4.39 Å². The Morgan fingerprint density at radius 2 is 1.84 bits per heavy atom. The van der Waals surface area contributed by atoms with E-state index in [2.05, 4.69) is 4.98 Å². The van der Waals surface area contributed by atoms with Crippen LogP contribution in [0.2, 0.25) is 10.0 Å². The highest BCUT2D eigenvalue weighted by Gasteiger charge is 2.12. The third-order valence-corrected chi connectivity index (χ3v) is 3.71. The standard InChI is InChI=1S/C13H7Cl2FN2S/c14-7-3-1-2-4-11(7)18-12-6-9(16)8(15)5-10(12)17-13(18)19/h1-6H,(H,17,19). The molecule has 0 aliphatic rings. The Kier molecular flexibility index (Phi) is 3.09. The van der Waals surface area contributed by atoms with Gasteiger partial charge in [-0.25, -0.2) is 4.39 Å². The predicted molar refractivity (Wildman–Crippen MR) is 78.4 cm³/mol. The summed E-state index contributed by atoms with van der Waals surface area (Å²) in [5, 5.41) is 0.588. The Balaban J connectivity index is 2.42. The first-order valence-corrected chi connectivity index (χ1v) is 6.59. The number of aromatic nitrogens is 2. The third-order valence-electron chi connectivity index (χ3n) is 2.82. The molecule has 3 rings (SSSR count). The molecular formula is C13H7Cl2FN2S. The van der Waals surface area contributed by atoms with Crippen LogP contribution >= 0.6 is 35.4 Å². The molecule has 0 aliphatic carbocycles. The van der Waals surface area contributed by atoms with Gasteiger partial charge in [0.25, 0.3) is 0 Å². The predicted octanol–water partition coefficient (Wildman–Crippen LogP) is 5.13. The largest absolute Gasteiger partial charge is 0.330 e. The number of rotatable bonds is 1. The van der Waals surface area contributed by atoms with Crippen LogP contribution in [-0.2, 0) is 0 Å². The summed E-state index contributed by atoms with van der Waals surface area (Å²) in [5.41, 5.74) is 1.96. The third kappa shape index (κ3) is 2.06. The summed E-state index contributed by atoms with van der Waals surface area (Å²) in [6, 6.07) is 10.1. The zero-order valence-corrected chi connectivity index (χ0v) is 11.8. The van der Waals surface area contributed by atoms with E-state index in [0.29, 0.717) is 26.5 Å². The average molecular weight is 313 g/mol. The van der Waals surface area contributed by atoms with E-state index in [9.17, 15) is 4.39 Å². The van der Waals surface area contributed by atoms with Crippen LogP contribution in [0, 0.1) is 10.6 Å². The SMILES string of the molecule is Fc1cc2c(cc1Cl)[nH]c(=S)n2-c1ccccc1Cl. The molecule has 0 saturated heterocycles. The highest BCUT2D eigenvalue weighted by atomic mass is 35.5. The molecule has 0 amide bonds. The van der Waals surface area contributed by atoms with E-state index < -0.39 is 5.82 Å². The maximum absolute atomic E-state index is 13.6. The number of imidazole rings is 1. The summed E-state index contributed by atoms with van der Waals surface area (Å²) in [5.74, 6) is -0.496. The summed E-state index contributed by atoms with van der Waals surface area (Å²) in [6.45, 7) is 0. The Hall–Kier alpha value is -1.36. The summed E-state index contributed by atoms with van der Waals surface area (Å²) >= 11 is 17.2. The highest BCUT2D eigenvalue weighted by molar-refractivity contribution is 7.71. The lowest BCUT2D eigenvalue weighted by molar-refractivity contribution is 0.629. The van der Waals surface area contributed by atoms with E-state index in [-0.39, 0.29) is 5.02 Å². The lowest BCUT2D eigenvalue weighted by atomic mass is 10.2. The fraction of sp³-hybridized carbons (Fsp3) is 0. The fourth-order valence-electron chi connectivity index (χ4n) is 1.97. The number of aromatic amines is 1. The van der Waals surface area contributed by atoms with Gasteiger partial charge in [-0.05, 0) is 30.4 Å². The first kappa shape index (κ1) is 12.7. The zero-order valence-electron chi connectivity index (χ0n) is 9.45. The molecule has 0 unspecified atom stereocenters. The van der Waals surface area contributed by atoms with E-state index in [1.54, 1.807) is 10.6 Å². The molecule has 0 bridgehead atoms. The molecule has 6 heteroatoms. The number of fused-ring (bicyclic) bond motifs is 1. The van der Waals surface area contributed by atoms with Crippen LogP contribution in [0.15, 0.2) is 36.4 Å². The van der Waals surface area contributed by atoms with Crippen molar-refractivity contribution in [3.8, 4) is 5.69 Å². The van der Waals surface area contributed by atoms with Gasteiger partial charge in [0, 0.05) is 6.07 Å². The molecule has 96 valence electrons. The van der Waals surface area contributed by atoms with Crippen LogP contribution < -0.4 is 0 Å². The number of hydrogen-bond acceptors (Lipinski definition) is 1. The topological polar surface area (TPSA) is 20.7 Å². The molecule has 1 aromatic heterocycles. The average Bonchev–Trinajstić information content (AvgIpc) is 2.66. The van der Waals surface area contributed by atoms with Gasteiger partial charge < -0.3 is 4.98 Å². The molecule has 0 spiro atoms. The van der Waals surface area contributed by atoms with Crippen molar-refractivity contribution in [1.82, 2.24) is 9.55 Å². The minimum Gasteiger partial charge on any atom is -0.330 e. The lowest BCUT2D eigenvalue weighted by Gasteiger charge is -2.06. The van der Waals surface area contributed by atoms with Gasteiger partial charge in [0.15, 0.2) is 4.77 Å². The Bertz CT molecular complexity index is 838. The zero-order chi connectivity index (χ0) is 13.6. The van der Waals surface area contributed by atoms with Crippen molar-refractivity contribution in [3.63, 3.8) is 0 Å². The Morgan fingerprint density at radius 3 is 2.58 bits per heavy atom. The smallest absolute Gasteiger partial charge is 0.182 e. The van der Waals surface area contributed by atoms with Crippen LogP contribution in [0.1, 0.15) is 0 Å². The molecule has 0 atom stereocenters. The monoisotopic (exact) mass is 312 g/mol. The van der Waals surface area contributed by atoms with Gasteiger partial charge in [-0.15, -0.1) is 0 Å². The van der Waals surface area contributed by atoms with Gasteiger partial charge in [-0.2, -0.15) is 0 Å². The second kappa shape index (κ2) is 4.63. The van der Waals surface area contributed by atoms with Crippen molar-refractivity contribution in [2.45, 2.75) is 0 Å². The van der Waals surface area contributed by atoms with Crippen LogP contribution in [0.5, 0.6) is 0 Å². The maximum Gasteiger partial charge on any atom is 0.182 e. The van der Waals surface area contributed by atoms with Gasteiger partial charge in [-0.1, -0.05) is 35.3 Å². The molecule has 0 fully saturated rings. The molecule has 19 heavy (non-hydrogen) atoms. The Labute approximate surface area is 123 Å². The van der Waals surface area contributed by atoms with Gasteiger partial charge in [0.2, 0.25) is 0 Å². The molecule has 2 nitrogen and oxygen atoms in total. The lowest BCUT2D eigenvalue weighted by Crippen LogP contribution is -1.95. The van der Waals surface area contributed by atoms with Crippen LogP contribution in [0.25, 0.3) is 16.7 Å². The van der Waals surface area contributed by atoms with Crippen molar-refractivity contribution in [3.05, 3.63) is 57.0 Å². The van der Waals surface area contributed by atoms with Crippen molar-refractivity contribution < 1.29 is 4.39 Å². The summed E-state index contributed by atoms with van der Waals surface area (Å²) in [7, 11) is 0. The van der Waals surface area contributed by atoms with E-state index in [1.807, 2.05) is 18.2 Å². The van der Waals surface area contributed by atoms with Gasteiger partial charge in [0.1, 0.15) is 5.82 Å². The molecule has 1 N–H and O–H groups in total. The van der Waals surface area contributed by atoms with Gasteiger partial charge in [0.05, 0.1) is 26.8 Å². The number of hydrogen-bond donors (Lipinski definition) is 1. The van der Waals surface area contributed by atoms with Gasteiger partial charge >= 0.3 is 0 Å². The van der Waals surface area contributed by atoms with E-state index in [4.69, 9.17) is 35.4 Å². The van der Waals surface area contributed by atoms with Crippen molar-refractivity contribution in [1.29, 1.82) is 0 Å². The molecule has 0 aliphatic heterocycles. The molecule has 1 heterocycles. The van der Waals surface area contributed by atoms with Crippen LogP contribution in [-0.4, -0.2) is 9.55 Å². The van der Waals surface area contributed by atoms with Gasteiger partial charge in [-0.3, -0.25) is 4.57 Å². The second-order valence-corrected chi connectivity index (χ2v) is 5.20. The molecule has 2 aromatic carbocycles. The van der Waals surface area contributed by atoms with E-state index >= 15 is 0 Å². The number of nitrogens with zero attached hydrogens (tertiary/aromatic N) is 1. The molecular weight excluding hydrogens is 306 g/mol. The normalized spacial score (nSPS) is 11.1. The quantitative estimate of drug-likeness (QED) is 0.617. The Morgan fingerprint density at radius 1 is 1.11 bits per heavy atom. The minimum absolute atomic E-state index is 0.0510. The molecule has 0 radical (unpaired) electrons. The number of halogens is 3. The number of para-hydroxylation sites is 1. The summed E-state index contributed by atoms with van der Waals surface area (Å²) in [6.07, 6.45) is 0. The fourth-order valence-corrected chi connectivity index (χ4v) is 2.66. The number of benzene rings is 2. The van der Waals surface area contributed by atoms with E-state index in [1.165, 1.54) is 12.1 Å². The summed E-state index contributed by atoms with van der Waals surface area (Å²) < 4.78 is 15.7. The maximum atomic E-state index is 13.6. The van der Waals surface area contributed by atoms with Crippen molar-refractivity contribution >= 4 is 46.5 Å². The summed E-state index contributed by atoms with van der Waals surface area (Å²) in [4.78, 5) is 2.99. The van der Waals surface area contributed by atoms with Crippen LogP contribution in [0.3, 0.4) is 0 Å². The number of H-pyrrole nitrogens is 1.